The third kappa shape index (κ3) is 3.37. The first kappa shape index (κ1) is 17.9. The van der Waals surface area contributed by atoms with Crippen molar-refractivity contribution in [1.29, 1.82) is 0 Å². The Bertz CT molecular complexity index is 1200. The molecule has 0 atom stereocenters. The molecule has 1 amide bonds. The van der Waals surface area contributed by atoms with Crippen molar-refractivity contribution in [2.24, 2.45) is 0 Å². The van der Waals surface area contributed by atoms with E-state index in [1.54, 1.807) is 6.07 Å². The molecule has 0 spiro atoms. The van der Waals surface area contributed by atoms with Crippen LogP contribution >= 0.6 is 11.6 Å². The first-order valence-electron chi connectivity index (χ1n) is 8.53. The number of ketones is 1. The Morgan fingerprint density at radius 3 is 2.50 bits per heavy atom. The van der Waals surface area contributed by atoms with Crippen molar-refractivity contribution in [2.75, 3.05) is 5.32 Å². The van der Waals surface area contributed by atoms with E-state index in [9.17, 15) is 9.59 Å². The van der Waals surface area contributed by atoms with Crippen molar-refractivity contribution < 1.29 is 9.59 Å². The van der Waals surface area contributed by atoms with Crippen molar-refractivity contribution in [2.45, 2.75) is 6.92 Å². The maximum atomic E-state index is 12.3. The smallest absolute Gasteiger partial charge is 0.257 e. The molecule has 2 aromatic heterocycles. The van der Waals surface area contributed by atoms with Crippen molar-refractivity contribution in [3.8, 4) is 11.1 Å². The first-order valence-corrected chi connectivity index (χ1v) is 8.91. The van der Waals surface area contributed by atoms with Gasteiger partial charge in [-0.1, -0.05) is 29.8 Å². The largest absolute Gasteiger partial charge is 0.322 e. The number of fused-ring (bicyclic) bond motifs is 1. The van der Waals surface area contributed by atoms with Crippen molar-refractivity contribution in [3.05, 3.63) is 77.2 Å². The van der Waals surface area contributed by atoms with E-state index < -0.39 is 0 Å². The molecule has 4 rings (SSSR count). The third-order valence-electron chi connectivity index (χ3n) is 4.39. The summed E-state index contributed by atoms with van der Waals surface area (Å²) in [6, 6.07) is 14.8. The van der Waals surface area contributed by atoms with Crippen LogP contribution in [0.4, 0.5) is 5.69 Å². The van der Waals surface area contributed by atoms with E-state index in [2.05, 4.69) is 20.5 Å². The number of hydrogen-bond acceptors (Lipinski definition) is 4. The van der Waals surface area contributed by atoms with Gasteiger partial charge < -0.3 is 5.32 Å². The lowest BCUT2D eigenvalue weighted by molar-refractivity contribution is 0.101. The minimum Gasteiger partial charge on any atom is -0.322 e. The highest BCUT2D eigenvalue weighted by Crippen LogP contribution is 2.26. The van der Waals surface area contributed by atoms with E-state index in [0.29, 0.717) is 22.0 Å². The van der Waals surface area contributed by atoms with Crippen LogP contribution in [0.15, 0.2) is 60.9 Å². The van der Waals surface area contributed by atoms with Gasteiger partial charge in [0.2, 0.25) is 0 Å². The molecular weight excluding hydrogens is 376 g/mol. The molecule has 138 valence electrons. The molecule has 0 bridgehead atoms. The Hall–Kier alpha value is -3.51. The predicted octanol–water partition coefficient (Wildman–Crippen LogP) is 4.73. The van der Waals surface area contributed by atoms with Gasteiger partial charge in [-0.15, -0.1) is 0 Å². The molecule has 6 nitrogen and oxygen atoms in total. The molecule has 0 aliphatic rings. The Morgan fingerprint density at radius 2 is 1.79 bits per heavy atom. The van der Waals surface area contributed by atoms with Gasteiger partial charge in [-0.25, -0.2) is 0 Å². The fraction of sp³-hybridized carbons (Fsp3) is 0.0476. The van der Waals surface area contributed by atoms with Crippen LogP contribution in [0.25, 0.3) is 22.0 Å². The molecule has 2 heterocycles. The number of anilines is 1. The highest BCUT2D eigenvalue weighted by molar-refractivity contribution is 6.34. The molecule has 0 saturated carbocycles. The van der Waals surface area contributed by atoms with E-state index in [0.717, 1.165) is 22.0 Å². The topological polar surface area (TPSA) is 87.7 Å². The zero-order chi connectivity index (χ0) is 19.7. The van der Waals surface area contributed by atoms with E-state index in [1.165, 1.54) is 19.3 Å². The quantitative estimate of drug-likeness (QED) is 0.493. The SMILES string of the molecule is CC(=O)c1n[nH]c2cc(-c3ccc(NC(=O)c4ccncc4Cl)cc3)ccc12. The summed E-state index contributed by atoms with van der Waals surface area (Å²) in [5.74, 6) is -0.371. The number of benzene rings is 2. The van der Waals surface area contributed by atoms with Gasteiger partial charge in [-0.05, 0) is 41.5 Å². The second kappa shape index (κ2) is 7.25. The summed E-state index contributed by atoms with van der Waals surface area (Å²) in [4.78, 5) is 27.8. The number of rotatable bonds is 4. The average Bonchev–Trinajstić information content (AvgIpc) is 3.12. The number of carbonyl (C=O) groups is 2. The molecular formula is C21H15ClN4O2. The predicted molar refractivity (Wildman–Crippen MR) is 109 cm³/mol. The first-order chi connectivity index (χ1) is 13.5. The summed E-state index contributed by atoms with van der Waals surface area (Å²) >= 11 is 6.01. The summed E-state index contributed by atoms with van der Waals surface area (Å²) in [7, 11) is 0. The summed E-state index contributed by atoms with van der Waals surface area (Å²) in [5.41, 5.74) is 4.21. The van der Waals surface area contributed by atoms with Gasteiger partial charge in [-0.2, -0.15) is 5.10 Å². The number of aromatic amines is 1. The Kier molecular flexibility index (Phi) is 4.63. The van der Waals surface area contributed by atoms with Crippen LogP contribution in [0, 0.1) is 0 Å². The summed E-state index contributed by atoms with van der Waals surface area (Å²) < 4.78 is 0. The number of nitrogens with zero attached hydrogens (tertiary/aromatic N) is 2. The number of H-pyrrole nitrogens is 1. The fourth-order valence-electron chi connectivity index (χ4n) is 2.97. The van der Waals surface area contributed by atoms with Crippen LogP contribution < -0.4 is 5.32 Å². The molecule has 0 saturated heterocycles. The second-order valence-corrected chi connectivity index (χ2v) is 6.68. The van der Waals surface area contributed by atoms with Crippen LogP contribution in [0.3, 0.4) is 0 Å². The number of halogens is 1. The van der Waals surface area contributed by atoms with E-state index in [-0.39, 0.29) is 11.7 Å². The number of aromatic nitrogens is 3. The van der Waals surface area contributed by atoms with Gasteiger partial charge in [0, 0.05) is 30.4 Å². The molecule has 28 heavy (non-hydrogen) atoms. The van der Waals surface area contributed by atoms with Crippen molar-refractivity contribution in [3.63, 3.8) is 0 Å². The minimum atomic E-state index is -0.296. The van der Waals surface area contributed by atoms with Crippen LogP contribution in [-0.2, 0) is 0 Å². The zero-order valence-corrected chi connectivity index (χ0v) is 15.6. The number of Topliss-reactive ketones (excluding diaryl/α,β-unsaturated/α-hetero) is 1. The molecule has 0 aliphatic heterocycles. The maximum absolute atomic E-state index is 12.3. The Balaban J connectivity index is 1.56. The molecule has 2 N–H and O–H groups in total. The molecule has 0 unspecified atom stereocenters. The van der Waals surface area contributed by atoms with Gasteiger partial charge in [0.05, 0.1) is 16.1 Å². The Labute approximate surface area is 165 Å². The van der Waals surface area contributed by atoms with Gasteiger partial charge >= 0.3 is 0 Å². The molecule has 7 heteroatoms. The van der Waals surface area contributed by atoms with E-state index in [1.807, 2.05) is 42.5 Å². The number of hydrogen-bond donors (Lipinski definition) is 2. The van der Waals surface area contributed by atoms with Gasteiger partial charge in [-0.3, -0.25) is 19.7 Å². The number of nitrogens with one attached hydrogen (secondary N) is 2. The molecule has 0 fully saturated rings. The molecule has 2 aromatic carbocycles. The lowest BCUT2D eigenvalue weighted by Gasteiger charge is -2.08. The van der Waals surface area contributed by atoms with Crippen molar-refractivity contribution >= 4 is 39.9 Å². The van der Waals surface area contributed by atoms with Gasteiger partial charge in [0.1, 0.15) is 5.69 Å². The fourth-order valence-corrected chi connectivity index (χ4v) is 3.18. The molecule has 0 radical (unpaired) electrons. The lowest BCUT2D eigenvalue weighted by atomic mass is 10.0. The van der Waals surface area contributed by atoms with Crippen LogP contribution in [-0.4, -0.2) is 26.9 Å². The van der Waals surface area contributed by atoms with Crippen LogP contribution in [0.5, 0.6) is 0 Å². The monoisotopic (exact) mass is 390 g/mol. The molecule has 4 aromatic rings. The summed E-state index contributed by atoms with van der Waals surface area (Å²) in [6.07, 6.45) is 2.95. The third-order valence-corrected chi connectivity index (χ3v) is 4.69. The maximum Gasteiger partial charge on any atom is 0.257 e. The standard InChI is InChI=1S/C21H15ClN4O2/c1-12(27)20-17-7-4-14(10-19(17)25-26-20)13-2-5-15(6-3-13)24-21(28)16-8-9-23-11-18(16)22/h2-11H,1H3,(H,24,28)(H,25,26). The van der Waals surface area contributed by atoms with Crippen LogP contribution in [0.1, 0.15) is 27.8 Å². The van der Waals surface area contributed by atoms with Crippen molar-refractivity contribution in [1.82, 2.24) is 15.2 Å². The van der Waals surface area contributed by atoms with Gasteiger partial charge in [0.15, 0.2) is 5.78 Å². The highest BCUT2D eigenvalue weighted by atomic mass is 35.5. The highest BCUT2D eigenvalue weighted by Gasteiger charge is 2.12. The Morgan fingerprint density at radius 1 is 1.04 bits per heavy atom. The summed E-state index contributed by atoms with van der Waals surface area (Å²) in [5, 5.41) is 10.9. The zero-order valence-electron chi connectivity index (χ0n) is 14.9. The second-order valence-electron chi connectivity index (χ2n) is 6.28. The summed E-state index contributed by atoms with van der Waals surface area (Å²) in [6.45, 7) is 1.50. The number of carbonyl (C=O) groups excluding carboxylic acids is 2. The number of amides is 1. The van der Waals surface area contributed by atoms with E-state index in [4.69, 9.17) is 11.6 Å². The average molecular weight is 391 g/mol. The lowest BCUT2D eigenvalue weighted by Crippen LogP contribution is -2.12. The van der Waals surface area contributed by atoms with Crippen LogP contribution in [0.2, 0.25) is 5.02 Å². The normalized spacial score (nSPS) is 10.8. The van der Waals surface area contributed by atoms with E-state index >= 15 is 0 Å². The molecule has 0 aliphatic carbocycles. The van der Waals surface area contributed by atoms with Gasteiger partial charge in [0.25, 0.3) is 5.91 Å². The minimum absolute atomic E-state index is 0.0756. The number of pyridine rings is 1.